The molecule has 2 amide bonds. The van der Waals surface area contributed by atoms with Crippen molar-refractivity contribution in [1.82, 2.24) is 10.3 Å². The zero-order valence-electron chi connectivity index (χ0n) is 17.3. The fourth-order valence-corrected chi connectivity index (χ4v) is 2.94. The van der Waals surface area contributed by atoms with Crippen LogP contribution in [-0.2, 0) is 15.0 Å². The molecule has 2 rings (SSSR count). The number of nitrogens with zero attached hydrogens (tertiary/aromatic N) is 2. The SMILES string of the molecule is C=CC(=O)N(c1ccc(C(C)(C)C)cc1)C(C(=O)NC(C)C)c1cccnc1. The van der Waals surface area contributed by atoms with Gasteiger partial charge >= 0.3 is 0 Å². The van der Waals surface area contributed by atoms with E-state index in [0.717, 1.165) is 5.56 Å². The Morgan fingerprint density at radius 3 is 2.25 bits per heavy atom. The van der Waals surface area contributed by atoms with E-state index in [4.69, 9.17) is 0 Å². The fraction of sp³-hybridized carbons (Fsp3) is 0.348. The molecule has 28 heavy (non-hydrogen) atoms. The van der Waals surface area contributed by atoms with Gasteiger partial charge < -0.3 is 5.32 Å². The number of nitrogens with one attached hydrogen (secondary N) is 1. The monoisotopic (exact) mass is 379 g/mol. The summed E-state index contributed by atoms with van der Waals surface area (Å²) >= 11 is 0. The third-order valence-electron chi connectivity index (χ3n) is 4.36. The fourth-order valence-electron chi connectivity index (χ4n) is 2.94. The summed E-state index contributed by atoms with van der Waals surface area (Å²) in [7, 11) is 0. The minimum Gasteiger partial charge on any atom is -0.352 e. The van der Waals surface area contributed by atoms with Crippen molar-refractivity contribution in [3.05, 3.63) is 72.6 Å². The van der Waals surface area contributed by atoms with Crippen LogP contribution in [0.4, 0.5) is 5.69 Å². The summed E-state index contributed by atoms with van der Waals surface area (Å²) in [6.07, 6.45) is 4.47. The van der Waals surface area contributed by atoms with Gasteiger partial charge in [0.05, 0.1) is 0 Å². The molecule has 1 N–H and O–H groups in total. The van der Waals surface area contributed by atoms with Crippen molar-refractivity contribution in [2.75, 3.05) is 4.90 Å². The number of aromatic nitrogens is 1. The predicted molar refractivity (Wildman–Crippen MR) is 113 cm³/mol. The van der Waals surface area contributed by atoms with E-state index in [1.165, 1.54) is 11.0 Å². The summed E-state index contributed by atoms with van der Waals surface area (Å²) in [5.41, 5.74) is 2.40. The highest BCUT2D eigenvalue weighted by Crippen LogP contribution is 2.30. The first-order valence-corrected chi connectivity index (χ1v) is 9.41. The zero-order valence-corrected chi connectivity index (χ0v) is 17.3. The van der Waals surface area contributed by atoms with Gasteiger partial charge in [-0.25, -0.2) is 0 Å². The molecule has 0 saturated carbocycles. The van der Waals surface area contributed by atoms with Crippen molar-refractivity contribution in [2.24, 2.45) is 0 Å². The molecule has 148 valence electrons. The molecule has 1 unspecified atom stereocenters. The minimum absolute atomic E-state index is 0.0103. The van der Waals surface area contributed by atoms with Crippen LogP contribution in [0.2, 0.25) is 0 Å². The molecule has 5 nitrogen and oxygen atoms in total. The maximum Gasteiger partial charge on any atom is 0.251 e. The molecule has 1 aromatic heterocycles. The summed E-state index contributed by atoms with van der Waals surface area (Å²) < 4.78 is 0. The summed E-state index contributed by atoms with van der Waals surface area (Å²) in [4.78, 5) is 31.5. The summed E-state index contributed by atoms with van der Waals surface area (Å²) in [5.74, 6) is -0.616. The second-order valence-corrected chi connectivity index (χ2v) is 8.06. The highest BCUT2D eigenvalue weighted by molar-refractivity contribution is 6.06. The maximum absolute atomic E-state index is 13.0. The van der Waals surface area contributed by atoms with E-state index in [2.05, 4.69) is 37.7 Å². The van der Waals surface area contributed by atoms with E-state index in [-0.39, 0.29) is 23.3 Å². The molecule has 0 aliphatic rings. The third kappa shape index (κ3) is 5.06. The normalized spacial score (nSPS) is 12.4. The van der Waals surface area contributed by atoms with Gasteiger partial charge in [-0.1, -0.05) is 45.5 Å². The Hall–Kier alpha value is -2.95. The van der Waals surface area contributed by atoms with Gasteiger partial charge in [0.15, 0.2) is 0 Å². The molecule has 1 aromatic carbocycles. The van der Waals surface area contributed by atoms with E-state index in [1.807, 2.05) is 38.1 Å². The topological polar surface area (TPSA) is 62.3 Å². The number of benzene rings is 1. The Balaban J connectivity index is 2.56. The Bertz CT molecular complexity index is 821. The van der Waals surface area contributed by atoms with Crippen LogP contribution in [0.15, 0.2) is 61.4 Å². The lowest BCUT2D eigenvalue weighted by molar-refractivity contribution is -0.125. The molecule has 1 heterocycles. The molecule has 5 heteroatoms. The van der Waals surface area contributed by atoms with E-state index < -0.39 is 6.04 Å². The van der Waals surface area contributed by atoms with Gasteiger partial charge in [0.2, 0.25) is 5.91 Å². The number of amides is 2. The molecule has 0 spiro atoms. The first-order chi connectivity index (χ1) is 13.1. The second-order valence-electron chi connectivity index (χ2n) is 8.06. The van der Waals surface area contributed by atoms with E-state index in [9.17, 15) is 9.59 Å². The molecule has 1 atom stereocenters. The standard InChI is InChI=1S/C23H29N3O2/c1-7-20(27)26(19-12-10-18(11-13-19)23(4,5)6)21(22(28)25-16(2)3)17-9-8-14-24-15-17/h7-16,21H,1H2,2-6H3,(H,25,28). The Labute approximate surface area is 167 Å². The average Bonchev–Trinajstić information content (AvgIpc) is 2.65. The van der Waals surface area contributed by atoms with E-state index in [0.29, 0.717) is 11.3 Å². The Kier molecular flexibility index (Phi) is 6.73. The van der Waals surface area contributed by atoms with Crippen molar-refractivity contribution in [3.8, 4) is 0 Å². The highest BCUT2D eigenvalue weighted by Gasteiger charge is 2.32. The average molecular weight is 380 g/mol. The molecular formula is C23H29N3O2. The van der Waals surface area contributed by atoms with Crippen LogP contribution >= 0.6 is 0 Å². The van der Waals surface area contributed by atoms with E-state index >= 15 is 0 Å². The van der Waals surface area contributed by atoms with Crippen LogP contribution < -0.4 is 10.2 Å². The van der Waals surface area contributed by atoms with Crippen LogP contribution in [0.1, 0.15) is 51.8 Å². The third-order valence-corrected chi connectivity index (χ3v) is 4.36. The number of carbonyl (C=O) groups excluding carboxylic acids is 2. The van der Waals surface area contributed by atoms with Gasteiger partial charge in [-0.2, -0.15) is 0 Å². The molecule has 0 radical (unpaired) electrons. The number of anilines is 1. The van der Waals surface area contributed by atoms with Crippen LogP contribution in [0.5, 0.6) is 0 Å². The zero-order chi connectivity index (χ0) is 20.9. The van der Waals surface area contributed by atoms with Gasteiger partial charge in [0.25, 0.3) is 5.91 Å². The second kappa shape index (κ2) is 8.83. The largest absolute Gasteiger partial charge is 0.352 e. The molecule has 0 aliphatic carbocycles. The molecule has 2 aromatic rings. The quantitative estimate of drug-likeness (QED) is 0.767. The van der Waals surface area contributed by atoms with Gasteiger partial charge in [0.1, 0.15) is 6.04 Å². The summed E-state index contributed by atoms with van der Waals surface area (Å²) in [6, 6.07) is 10.4. The van der Waals surface area contributed by atoms with Gasteiger partial charge in [-0.3, -0.25) is 19.5 Å². The molecule has 0 saturated heterocycles. The predicted octanol–water partition coefficient (Wildman–Crippen LogP) is 4.16. The van der Waals surface area contributed by atoms with Gasteiger partial charge in [0, 0.05) is 29.7 Å². The first kappa shape index (κ1) is 21.4. The van der Waals surface area contributed by atoms with Crippen LogP contribution in [-0.4, -0.2) is 22.8 Å². The van der Waals surface area contributed by atoms with Crippen LogP contribution in [0.3, 0.4) is 0 Å². The van der Waals surface area contributed by atoms with Crippen molar-refractivity contribution in [3.63, 3.8) is 0 Å². The smallest absolute Gasteiger partial charge is 0.251 e. The molecule has 0 fully saturated rings. The first-order valence-electron chi connectivity index (χ1n) is 9.41. The van der Waals surface area contributed by atoms with Crippen molar-refractivity contribution < 1.29 is 9.59 Å². The number of rotatable bonds is 6. The maximum atomic E-state index is 13.0. The van der Waals surface area contributed by atoms with E-state index in [1.54, 1.807) is 24.5 Å². The lowest BCUT2D eigenvalue weighted by atomic mass is 9.87. The number of pyridine rings is 1. The Morgan fingerprint density at radius 1 is 1.14 bits per heavy atom. The van der Waals surface area contributed by atoms with Crippen LogP contribution in [0, 0.1) is 0 Å². The number of hydrogen-bond donors (Lipinski definition) is 1. The van der Waals surface area contributed by atoms with Crippen LogP contribution in [0.25, 0.3) is 0 Å². The number of carbonyl (C=O) groups is 2. The molecule has 0 aliphatic heterocycles. The van der Waals surface area contributed by atoms with Crippen molar-refractivity contribution in [1.29, 1.82) is 0 Å². The molecule has 0 bridgehead atoms. The van der Waals surface area contributed by atoms with Gasteiger partial charge in [-0.05, 0) is 49.1 Å². The lowest BCUT2D eigenvalue weighted by Gasteiger charge is -2.31. The Morgan fingerprint density at radius 2 is 1.79 bits per heavy atom. The summed E-state index contributed by atoms with van der Waals surface area (Å²) in [5, 5.41) is 2.91. The lowest BCUT2D eigenvalue weighted by Crippen LogP contribution is -2.45. The van der Waals surface area contributed by atoms with Crippen molar-refractivity contribution in [2.45, 2.75) is 52.1 Å². The minimum atomic E-state index is -0.845. The number of hydrogen-bond acceptors (Lipinski definition) is 3. The highest BCUT2D eigenvalue weighted by atomic mass is 16.2. The molecular weight excluding hydrogens is 350 g/mol. The van der Waals surface area contributed by atoms with Gasteiger partial charge in [-0.15, -0.1) is 0 Å². The summed E-state index contributed by atoms with van der Waals surface area (Å²) in [6.45, 7) is 13.8. The van der Waals surface area contributed by atoms with Crippen molar-refractivity contribution >= 4 is 17.5 Å².